The summed E-state index contributed by atoms with van der Waals surface area (Å²) in [5, 5.41) is 6.93. The van der Waals surface area contributed by atoms with E-state index in [4.69, 9.17) is 9.47 Å². The minimum atomic E-state index is 0. The number of hydrogen-bond acceptors (Lipinski definition) is 5. The molecule has 0 spiro atoms. The first-order valence-electron chi connectivity index (χ1n) is 10.3. The van der Waals surface area contributed by atoms with E-state index in [1.807, 2.05) is 7.05 Å². The summed E-state index contributed by atoms with van der Waals surface area (Å²) < 4.78 is 11.1. The zero-order valence-electron chi connectivity index (χ0n) is 17.9. The standard InChI is InChI=1S/C21H35N5O2.HI/c1-17-5-6-18(20(13-17)28-12-4-11-27-3)14-23-21(22-2)24-15-19-16-25-7-9-26(19)10-8-25;/h5-6,13,19H,4,7-12,14-16H2,1-3H3,(H2,22,23,24);1H. The van der Waals surface area contributed by atoms with Gasteiger partial charge in [0.15, 0.2) is 5.96 Å². The molecule has 0 aliphatic carbocycles. The van der Waals surface area contributed by atoms with Crippen molar-refractivity contribution in [2.24, 2.45) is 4.99 Å². The summed E-state index contributed by atoms with van der Waals surface area (Å²) in [6.45, 7) is 11.0. The van der Waals surface area contributed by atoms with Crippen molar-refractivity contribution in [3.8, 4) is 5.75 Å². The number of ether oxygens (including phenoxy) is 2. The van der Waals surface area contributed by atoms with Gasteiger partial charge in [0.1, 0.15) is 5.75 Å². The lowest BCUT2D eigenvalue weighted by atomic mass is 10.1. The number of aryl methyl sites for hydroxylation is 1. The summed E-state index contributed by atoms with van der Waals surface area (Å²) in [4.78, 5) is 9.54. The predicted octanol–water partition coefficient (Wildman–Crippen LogP) is 1.69. The Hall–Kier alpha value is -1.10. The summed E-state index contributed by atoms with van der Waals surface area (Å²) in [7, 11) is 3.54. The zero-order valence-corrected chi connectivity index (χ0v) is 20.3. The third kappa shape index (κ3) is 7.27. The summed E-state index contributed by atoms with van der Waals surface area (Å²) in [5.74, 6) is 1.77. The first-order valence-corrected chi connectivity index (χ1v) is 10.3. The molecule has 1 unspecified atom stereocenters. The molecule has 2 N–H and O–H groups in total. The molecular weight excluding hydrogens is 481 g/mol. The van der Waals surface area contributed by atoms with Crippen molar-refractivity contribution >= 4 is 29.9 Å². The molecule has 0 radical (unpaired) electrons. The van der Waals surface area contributed by atoms with Crippen LogP contribution in [0.1, 0.15) is 17.5 Å². The number of guanidine groups is 1. The van der Waals surface area contributed by atoms with Crippen molar-refractivity contribution < 1.29 is 9.47 Å². The summed E-state index contributed by atoms with van der Waals surface area (Å²) in [6.07, 6.45) is 0.884. The second kappa shape index (κ2) is 12.6. The van der Waals surface area contributed by atoms with Gasteiger partial charge in [-0.2, -0.15) is 0 Å². The van der Waals surface area contributed by atoms with Crippen LogP contribution in [0.4, 0.5) is 0 Å². The van der Waals surface area contributed by atoms with Crippen LogP contribution in [0.3, 0.4) is 0 Å². The molecule has 3 heterocycles. The van der Waals surface area contributed by atoms with E-state index in [0.29, 0.717) is 25.8 Å². The Kier molecular flexibility index (Phi) is 10.5. The number of aliphatic imine (C=N–C) groups is 1. The van der Waals surface area contributed by atoms with Crippen LogP contribution in [-0.4, -0.2) is 88.4 Å². The Morgan fingerprint density at radius 1 is 1.17 bits per heavy atom. The third-order valence-electron chi connectivity index (χ3n) is 5.54. The lowest BCUT2D eigenvalue weighted by Gasteiger charge is -2.47. The summed E-state index contributed by atoms with van der Waals surface area (Å²) in [5.41, 5.74) is 2.34. The van der Waals surface area contributed by atoms with E-state index >= 15 is 0 Å². The van der Waals surface area contributed by atoms with Gasteiger partial charge in [0, 0.05) is 84.6 Å². The number of benzene rings is 1. The van der Waals surface area contributed by atoms with Gasteiger partial charge in [-0.05, 0) is 18.6 Å². The molecule has 8 heteroatoms. The fourth-order valence-corrected chi connectivity index (χ4v) is 3.86. The van der Waals surface area contributed by atoms with E-state index < -0.39 is 0 Å². The second-order valence-electron chi connectivity index (χ2n) is 7.60. The molecule has 1 aromatic rings. The molecule has 0 saturated carbocycles. The van der Waals surface area contributed by atoms with Gasteiger partial charge in [0.25, 0.3) is 0 Å². The van der Waals surface area contributed by atoms with Crippen LogP contribution in [0.2, 0.25) is 0 Å². The normalized spacial score (nSPS) is 23.4. The third-order valence-corrected chi connectivity index (χ3v) is 5.54. The smallest absolute Gasteiger partial charge is 0.191 e. The molecule has 1 aromatic carbocycles. The zero-order chi connectivity index (χ0) is 19.8. The fourth-order valence-electron chi connectivity index (χ4n) is 3.86. The first kappa shape index (κ1) is 24.2. The molecule has 4 rings (SSSR count). The largest absolute Gasteiger partial charge is 0.493 e. The van der Waals surface area contributed by atoms with Gasteiger partial charge in [-0.3, -0.25) is 14.8 Å². The minimum Gasteiger partial charge on any atom is -0.493 e. The first-order chi connectivity index (χ1) is 13.7. The van der Waals surface area contributed by atoms with Crippen molar-refractivity contribution in [3.63, 3.8) is 0 Å². The number of nitrogens with zero attached hydrogens (tertiary/aromatic N) is 3. The molecule has 0 aromatic heterocycles. The van der Waals surface area contributed by atoms with E-state index in [2.05, 4.69) is 50.5 Å². The maximum Gasteiger partial charge on any atom is 0.191 e. The molecule has 164 valence electrons. The Labute approximate surface area is 192 Å². The lowest BCUT2D eigenvalue weighted by molar-refractivity contribution is 0.0154. The molecule has 2 bridgehead atoms. The van der Waals surface area contributed by atoms with Crippen LogP contribution in [0, 0.1) is 6.92 Å². The van der Waals surface area contributed by atoms with E-state index in [9.17, 15) is 0 Å². The maximum absolute atomic E-state index is 5.98. The van der Waals surface area contributed by atoms with Gasteiger partial charge < -0.3 is 20.1 Å². The summed E-state index contributed by atoms with van der Waals surface area (Å²) in [6, 6.07) is 6.91. The summed E-state index contributed by atoms with van der Waals surface area (Å²) >= 11 is 0. The van der Waals surface area contributed by atoms with E-state index in [1.54, 1.807) is 7.11 Å². The number of halogens is 1. The molecular formula is C21H36IN5O2. The van der Waals surface area contributed by atoms with Crippen LogP contribution in [0.5, 0.6) is 5.75 Å². The number of methoxy groups -OCH3 is 1. The Morgan fingerprint density at radius 3 is 2.62 bits per heavy atom. The van der Waals surface area contributed by atoms with Gasteiger partial charge >= 0.3 is 0 Å². The van der Waals surface area contributed by atoms with E-state index in [0.717, 1.165) is 36.8 Å². The van der Waals surface area contributed by atoms with Crippen molar-refractivity contribution in [2.75, 3.05) is 66.6 Å². The Morgan fingerprint density at radius 2 is 1.97 bits per heavy atom. The van der Waals surface area contributed by atoms with Crippen molar-refractivity contribution in [1.29, 1.82) is 0 Å². The minimum absolute atomic E-state index is 0. The van der Waals surface area contributed by atoms with Gasteiger partial charge in [-0.1, -0.05) is 12.1 Å². The number of hydrogen-bond donors (Lipinski definition) is 2. The predicted molar refractivity (Wildman–Crippen MR) is 129 cm³/mol. The van der Waals surface area contributed by atoms with Crippen LogP contribution >= 0.6 is 24.0 Å². The highest BCUT2D eigenvalue weighted by Crippen LogP contribution is 2.20. The average Bonchev–Trinajstić information content (AvgIpc) is 2.73. The van der Waals surface area contributed by atoms with Gasteiger partial charge in [-0.15, -0.1) is 24.0 Å². The molecule has 7 nitrogen and oxygen atoms in total. The topological polar surface area (TPSA) is 61.4 Å². The molecule has 3 aliphatic heterocycles. The number of fused-ring (bicyclic) bond motifs is 3. The van der Waals surface area contributed by atoms with E-state index in [1.165, 1.54) is 31.7 Å². The van der Waals surface area contributed by atoms with Crippen molar-refractivity contribution in [1.82, 2.24) is 20.4 Å². The molecule has 0 amide bonds. The molecule has 3 aliphatic rings. The quantitative estimate of drug-likeness (QED) is 0.225. The molecule has 1 atom stereocenters. The van der Waals surface area contributed by atoms with Crippen LogP contribution in [0.25, 0.3) is 0 Å². The monoisotopic (exact) mass is 517 g/mol. The number of piperazine rings is 3. The van der Waals surface area contributed by atoms with E-state index in [-0.39, 0.29) is 24.0 Å². The lowest BCUT2D eigenvalue weighted by Crippen LogP contribution is -2.63. The van der Waals surface area contributed by atoms with Crippen molar-refractivity contribution in [2.45, 2.75) is 25.9 Å². The SMILES string of the molecule is CN=C(NCc1ccc(C)cc1OCCCOC)NCC1CN2CCN1CC2.I. The Bertz CT molecular complexity index is 650. The Balaban J connectivity index is 0.00000300. The average molecular weight is 517 g/mol. The number of rotatable bonds is 9. The van der Waals surface area contributed by atoms with Crippen LogP contribution < -0.4 is 15.4 Å². The van der Waals surface area contributed by atoms with Crippen molar-refractivity contribution in [3.05, 3.63) is 29.3 Å². The van der Waals surface area contributed by atoms with Gasteiger partial charge in [0.2, 0.25) is 0 Å². The highest BCUT2D eigenvalue weighted by Gasteiger charge is 2.31. The molecule has 29 heavy (non-hydrogen) atoms. The molecule has 3 saturated heterocycles. The second-order valence-corrected chi connectivity index (χ2v) is 7.60. The molecule has 3 fully saturated rings. The van der Waals surface area contributed by atoms with Gasteiger partial charge in [-0.25, -0.2) is 0 Å². The highest BCUT2D eigenvalue weighted by molar-refractivity contribution is 14.0. The van der Waals surface area contributed by atoms with Crippen LogP contribution in [-0.2, 0) is 11.3 Å². The maximum atomic E-state index is 5.98. The number of nitrogens with one attached hydrogen (secondary N) is 2. The van der Waals surface area contributed by atoms with Gasteiger partial charge in [0.05, 0.1) is 6.61 Å². The highest BCUT2D eigenvalue weighted by atomic mass is 127. The fraction of sp³-hybridized carbons (Fsp3) is 0.667. The van der Waals surface area contributed by atoms with Crippen LogP contribution in [0.15, 0.2) is 23.2 Å².